The van der Waals surface area contributed by atoms with Crippen molar-refractivity contribution in [1.82, 2.24) is 0 Å². The first-order valence-electron chi connectivity index (χ1n) is 14.1. The van der Waals surface area contributed by atoms with Crippen LogP contribution >= 0.6 is 0 Å². The average molecular weight is 499 g/mol. The van der Waals surface area contributed by atoms with Crippen LogP contribution in [0.2, 0.25) is 0 Å². The summed E-state index contributed by atoms with van der Waals surface area (Å²) in [6, 6.07) is 32.6. The molecule has 5 aliphatic carbocycles. The summed E-state index contributed by atoms with van der Waals surface area (Å²) >= 11 is 0. The maximum Gasteiger partial charge on any atom is 0.131 e. The molecule has 5 aliphatic rings. The molecule has 10 rings (SSSR count). The molecule has 0 amide bonds. The van der Waals surface area contributed by atoms with Crippen LogP contribution in [-0.4, -0.2) is 0 Å². The largest absolute Gasteiger partial charge is 0.206 e. The third-order valence-electron chi connectivity index (χ3n) is 11.3. The molecule has 3 saturated carbocycles. The van der Waals surface area contributed by atoms with Crippen LogP contribution < -0.4 is 0 Å². The van der Waals surface area contributed by atoms with E-state index in [0.717, 1.165) is 58.4 Å². The molecule has 0 saturated heterocycles. The molecule has 5 aromatic rings. The van der Waals surface area contributed by atoms with E-state index in [1.807, 2.05) is 12.1 Å². The second-order valence-electron chi connectivity index (χ2n) is 12.1. The monoisotopic (exact) mass is 498 g/mol. The minimum absolute atomic E-state index is 0.178. The second-order valence-corrected chi connectivity index (χ2v) is 12.1. The molecule has 0 N–H and O–H groups in total. The van der Waals surface area contributed by atoms with Crippen LogP contribution in [0.3, 0.4) is 0 Å². The summed E-state index contributed by atoms with van der Waals surface area (Å²) in [5.41, 5.74) is 4.20. The molecule has 0 aliphatic heterocycles. The van der Waals surface area contributed by atoms with Gasteiger partial charge in [-0.2, -0.15) is 0 Å². The Bertz CT molecular complexity index is 1620. The fourth-order valence-corrected chi connectivity index (χ4v) is 10.7. The fourth-order valence-electron chi connectivity index (χ4n) is 10.7. The lowest BCUT2D eigenvalue weighted by atomic mass is 9.38. The summed E-state index contributed by atoms with van der Waals surface area (Å²) in [6.07, 6.45) is 4.61. The Morgan fingerprint density at radius 1 is 0.447 bits per heavy atom. The molecule has 6 bridgehead atoms. The molecule has 4 unspecified atom stereocenters. The number of halogens is 2. The van der Waals surface area contributed by atoms with Gasteiger partial charge in [0.2, 0.25) is 0 Å². The van der Waals surface area contributed by atoms with Crippen LogP contribution in [0.15, 0.2) is 97.1 Å². The van der Waals surface area contributed by atoms with E-state index in [0.29, 0.717) is 23.7 Å². The van der Waals surface area contributed by atoms with Crippen molar-refractivity contribution in [2.45, 2.75) is 36.5 Å². The second kappa shape index (κ2) is 7.11. The third kappa shape index (κ3) is 2.15. The van der Waals surface area contributed by atoms with Crippen LogP contribution in [0, 0.1) is 35.3 Å². The first-order chi connectivity index (χ1) is 18.7. The minimum atomic E-state index is -0.296. The zero-order valence-electron chi connectivity index (χ0n) is 21.1. The standard InChI is InChI=1S/C36H28F2/c37-29-15-7-13-23-24-14-8-16-30(38)32(24)34-33(31(23)29)35(21-9-3-1-4-10-21)25-17-18-26(35)28-20-19-27(25)36(28,34)22-11-5-2-6-12-22/h1-16,25-28H,17-20H2. The predicted molar refractivity (Wildman–Crippen MR) is 148 cm³/mol. The smallest absolute Gasteiger partial charge is 0.131 e. The lowest BCUT2D eigenvalue weighted by Gasteiger charge is -2.64. The van der Waals surface area contributed by atoms with Gasteiger partial charge in [-0.1, -0.05) is 84.9 Å². The van der Waals surface area contributed by atoms with E-state index in [-0.39, 0.29) is 22.5 Å². The van der Waals surface area contributed by atoms with Crippen molar-refractivity contribution in [3.05, 3.63) is 131 Å². The number of benzene rings is 5. The maximum absolute atomic E-state index is 16.3. The Hall–Kier alpha value is -3.52. The van der Waals surface area contributed by atoms with Gasteiger partial charge in [0.05, 0.1) is 0 Å². The van der Waals surface area contributed by atoms with Crippen molar-refractivity contribution in [1.29, 1.82) is 0 Å². The molecule has 2 heteroatoms. The molecule has 0 spiro atoms. The SMILES string of the molecule is Fc1cccc2c1c1c(c3c(F)cccc32)C2(c3ccccc3)C3CCC2C2CCC3C12c1ccccc1. The molecule has 0 radical (unpaired) electrons. The number of rotatable bonds is 2. The van der Waals surface area contributed by atoms with Crippen molar-refractivity contribution in [2.75, 3.05) is 0 Å². The minimum Gasteiger partial charge on any atom is -0.206 e. The van der Waals surface area contributed by atoms with E-state index in [1.54, 1.807) is 24.3 Å². The normalized spacial score (nSPS) is 32.3. The van der Waals surface area contributed by atoms with Gasteiger partial charge in [-0.15, -0.1) is 0 Å². The Labute approximate surface area is 221 Å². The van der Waals surface area contributed by atoms with E-state index in [2.05, 4.69) is 60.7 Å². The first-order valence-corrected chi connectivity index (χ1v) is 14.1. The van der Waals surface area contributed by atoms with Gasteiger partial charge in [-0.05, 0) is 94.5 Å². The summed E-state index contributed by atoms with van der Waals surface area (Å²) in [5.74, 6) is 1.29. The molecule has 0 aromatic heterocycles. The molecular formula is C36H28F2. The first kappa shape index (κ1) is 21.4. The van der Waals surface area contributed by atoms with Gasteiger partial charge in [0, 0.05) is 21.6 Å². The summed E-state index contributed by atoms with van der Waals surface area (Å²) < 4.78 is 32.7. The van der Waals surface area contributed by atoms with Gasteiger partial charge in [0.15, 0.2) is 0 Å². The van der Waals surface area contributed by atoms with Gasteiger partial charge in [-0.3, -0.25) is 0 Å². The molecule has 0 nitrogen and oxygen atoms in total. The van der Waals surface area contributed by atoms with Crippen molar-refractivity contribution >= 4 is 21.5 Å². The molecule has 3 fully saturated rings. The van der Waals surface area contributed by atoms with Crippen LogP contribution in [0.25, 0.3) is 21.5 Å². The van der Waals surface area contributed by atoms with Crippen LogP contribution in [-0.2, 0) is 10.8 Å². The quantitative estimate of drug-likeness (QED) is 0.213. The number of fused-ring (bicyclic) bond motifs is 3. The van der Waals surface area contributed by atoms with E-state index >= 15 is 8.78 Å². The van der Waals surface area contributed by atoms with Crippen LogP contribution in [0.4, 0.5) is 8.78 Å². The van der Waals surface area contributed by atoms with Crippen molar-refractivity contribution in [2.24, 2.45) is 23.7 Å². The van der Waals surface area contributed by atoms with Gasteiger partial charge < -0.3 is 0 Å². The summed E-state index contributed by atoms with van der Waals surface area (Å²) in [7, 11) is 0. The molecule has 5 aromatic carbocycles. The predicted octanol–water partition coefficient (Wildman–Crippen LogP) is 8.92. The average Bonchev–Trinajstić information content (AvgIpc) is 3.47. The van der Waals surface area contributed by atoms with Gasteiger partial charge in [0.1, 0.15) is 11.6 Å². The lowest BCUT2D eigenvalue weighted by Crippen LogP contribution is -2.62. The Balaban J connectivity index is 1.61. The Kier molecular flexibility index (Phi) is 4.01. The van der Waals surface area contributed by atoms with E-state index in [4.69, 9.17) is 0 Å². The molecule has 38 heavy (non-hydrogen) atoms. The number of hydrogen-bond acceptors (Lipinski definition) is 0. The molecule has 186 valence electrons. The lowest BCUT2D eigenvalue weighted by molar-refractivity contribution is 0.0388. The highest BCUT2D eigenvalue weighted by Gasteiger charge is 2.76. The number of hydrogen-bond donors (Lipinski definition) is 0. The topological polar surface area (TPSA) is 0 Å². The third-order valence-corrected chi connectivity index (χ3v) is 11.3. The molecular weight excluding hydrogens is 470 g/mol. The maximum atomic E-state index is 16.3. The fraction of sp³-hybridized carbons (Fsp3) is 0.278. The van der Waals surface area contributed by atoms with Gasteiger partial charge in [-0.25, -0.2) is 8.78 Å². The van der Waals surface area contributed by atoms with Crippen molar-refractivity contribution < 1.29 is 8.78 Å². The van der Waals surface area contributed by atoms with E-state index in [9.17, 15) is 0 Å². The van der Waals surface area contributed by atoms with Gasteiger partial charge in [0.25, 0.3) is 0 Å². The van der Waals surface area contributed by atoms with E-state index in [1.165, 1.54) is 11.1 Å². The molecule has 4 atom stereocenters. The van der Waals surface area contributed by atoms with Crippen molar-refractivity contribution in [3.8, 4) is 0 Å². The summed E-state index contributed by atoms with van der Waals surface area (Å²) in [4.78, 5) is 0. The summed E-state index contributed by atoms with van der Waals surface area (Å²) in [5, 5.41) is 3.13. The van der Waals surface area contributed by atoms with Crippen LogP contribution in [0.1, 0.15) is 47.9 Å². The Morgan fingerprint density at radius 2 is 0.816 bits per heavy atom. The van der Waals surface area contributed by atoms with Crippen molar-refractivity contribution in [3.63, 3.8) is 0 Å². The van der Waals surface area contributed by atoms with E-state index < -0.39 is 0 Å². The molecule has 0 heterocycles. The van der Waals surface area contributed by atoms with Gasteiger partial charge >= 0.3 is 0 Å². The highest BCUT2D eigenvalue weighted by Crippen LogP contribution is 2.80. The zero-order chi connectivity index (χ0) is 25.2. The Morgan fingerprint density at radius 3 is 1.18 bits per heavy atom. The zero-order valence-corrected chi connectivity index (χ0v) is 21.1. The highest BCUT2D eigenvalue weighted by molar-refractivity contribution is 6.13. The van der Waals surface area contributed by atoms with Crippen LogP contribution in [0.5, 0.6) is 0 Å². The summed E-state index contributed by atoms with van der Waals surface area (Å²) in [6.45, 7) is 0. The highest BCUT2D eigenvalue weighted by atomic mass is 19.1.